The van der Waals surface area contributed by atoms with E-state index >= 15 is 0 Å². The predicted octanol–water partition coefficient (Wildman–Crippen LogP) is 0.682. The number of nitrogens with two attached hydrogens (primary N) is 1. The monoisotopic (exact) mass is 240 g/mol. The Bertz CT molecular complexity index is 282. The maximum Gasteiger partial charge on any atom is 0.140 e. The molecule has 0 saturated carbocycles. The molecule has 5 heteroatoms. The fraction of sp³-hybridized carbons (Fsp3) is 0.917. The van der Waals surface area contributed by atoms with E-state index in [0.29, 0.717) is 18.3 Å². The Balaban J connectivity index is 1.86. The molecule has 2 saturated heterocycles. The van der Waals surface area contributed by atoms with Crippen LogP contribution in [0.4, 0.5) is 0 Å². The highest BCUT2D eigenvalue weighted by atomic mass is 16.4. The van der Waals surface area contributed by atoms with Crippen LogP contribution in [0.15, 0.2) is 5.16 Å². The summed E-state index contributed by atoms with van der Waals surface area (Å²) in [5, 5.41) is 11.6. The van der Waals surface area contributed by atoms with Gasteiger partial charge in [0.25, 0.3) is 0 Å². The minimum Gasteiger partial charge on any atom is -0.409 e. The number of rotatable bonds is 3. The van der Waals surface area contributed by atoms with E-state index in [4.69, 9.17) is 10.9 Å². The van der Waals surface area contributed by atoms with Gasteiger partial charge in [0.2, 0.25) is 0 Å². The van der Waals surface area contributed by atoms with Gasteiger partial charge < -0.3 is 10.9 Å². The molecule has 17 heavy (non-hydrogen) atoms. The number of hydrogen-bond acceptors (Lipinski definition) is 4. The maximum atomic E-state index is 8.55. The lowest BCUT2D eigenvalue weighted by Crippen LogP contribution is -2.58. The second-order valence-corrected chi connectivity index (χ2v) is 5.33. The summed E-state index contributed by atoms with van der Waals surface area (Å²) >= 11 is 0. The molecule has 0 radical (unpaired) electrons. The highest BCUT2D eigenvalue weighted by molar-refractivity contribution is 5.79. The lowest BCUT2D eigenvalue weighted by atomic mass is 9.97. The van der Waals surface area contributed by atoms with Crippen LogP contribution in [0.1, 0.15) is 32.6 Å². The quantitative estimate of drug-likeness (QED) is 0.329. The highest BCUT2D eigenvalue weighted by Crippen LogP contribution is 2.23. The Morgan fingerprint density at radius 1 is 1.41 bits per heavy atom. The van der Waals surface area contributed by atoms with Gasteiger partial charge in [0.15, 0.2) is 0 Å². The Morgan fingerprint density at radius 3 is 3.00 bits per heavy atom. The Morgan fingerprint density at radius 2 is 2.24 bits per heavy atom. The van der Waals surface area contributed by atoms with Crippen LogP contribution in [0.5, 0.6) is 0 Å². The summed E-state index contributed by atoms with van der Waals surface area (Å²) in [7, 11) is 0. The van der Waals surface area contributed by atoms with E-state index in [1.165, 1.54) is 32.4 Å². The summed E-state index contributed by atoms with van der Waals surface area (Å²) in [6, 6.07) is 1.31. The standard InChI is InChI=1S/C12H24N4O/c1-10-8-16-6-3-2-4-11(16)9-15(10)7-5-12(13)14-17/h10-11,17H,2-9H2,1H3,(H2,13,14). The van der Waals surface area contributed by atoms with Crippen molar-refractivity contribution in [3.63, 3.8) is 0 Å². The van der Waals surface area contributed by atoms with E-state index < -0.39 is 0 Å². The predicted molar refractivity (Wildman–Crippen MR) is 68.3 cm³/mol. The molecule has 0 aromatic heterocycles. The van der Waals surface area contributed by atoms with E-state index in [1.54, 1.807) is 0 Å². The lowest BCUT2D eigenvalue weighted by molar-refractivity contribution is 0.0167. The van der Waals surface area contributed by atoms with Gasteiger partial charge in [-0.3, -0.25) is 9.80 Å². The molecular weight excluding hydrogens is 216 g/mol. The van der Waals surface area contributed by atoms with Gasteiger partial charge in [-0.2, -0.15) is 0 Å². The van der Waals surface area contributed by atoms with Crippen molar-refractivity contribution < 1.29 is 5.21 Å². The van der Waals surface area contributed by atoms with Crippen molar-refractivity contribution in [3.8, 4) is 0 Å². The fourth-order valence-corrected chi connectivity index (χ4v) is 3.03. The molecule has 2 unspecified atom stereocenters. The Kier molecular flexibility index (Phi) is 4.23. The summed E-state index contributed by atoms with van der Waals surface area (Å²) in [6.07, 6.45) is 4.71. The van der Waals surface area contributed by atoms with Gasteiger partial charge in [0.1, 0.15) is 5.84 Å². The molecule has 0 amide bonds. The van der Waals surface area contributed by atoms with Crippen LogP contribution in [0, 0.1) is 0 Å². The number of hydrogen-bond donors (Lipinski definition) is 2. The van der Waals surface area contributed by atoms with E-state index in [-0.39, 0.29) is 0 Å². The average molecular weight is 240 g/mol. The van der Waals surface area contributed by atoms with Gasteiger partial charge >= 0.3 is 0 Å². The zero-order valence-electron chi connectivity index (χ0n) is 10.7. The minimum atomic E-state index is 0.336. The molecular formula is C12H24N4O. The minimum absolute atomic E-state index is 0.336. The zero-order chi connectivity index (χ0) is 12.3. The first kappa shape index (κ1) is 12.6. The molecule has 2 atom stereocenters. The molecule has 5 nitrogen and oxygen atoms in total. The average Bonchev–Trinajstić information content (AvgIpc) is 2.35. The first-order valence-electron chi connectivity index (χ1n) is 6.65. The third-order valence-electron chi connectivity index (χ3n) is 4.10. The highest BCUT2D eigenvalue weighted by Gasteiger charge is 2.32. The molecule has 0 aromatic rings. The summed E-state index contributed by atoms with van der Waals surface area (Å²) in [5.74, 6) is 0.336. The third-order valence-corrected chi connectivity index (χ3v) is 4.10. The topological polar surface area (TPSA) is 65.1 Å². The molecule has 2 rings (SSSR count). The number of piperazine rings is 1. The van der Waals surface area contributed by atoms with E-state index in [1.807, 2.05) is 0 Å². The molecule has 2 aliphatic heterocycles. The van der Waals surface area contributed by atoms with Crippen LogP contribution < -0.4 is 5.73 Å². The number of amidine groups is 1. The number of nitrogens with zero attached hydrogens (tertiary/aromatic N) is 3. The molecule has 3 N–H and O–H groups in total. The van der Waals surface area contributed by atoms with E-state index in [2.05, 4.69) is 21.9 Å². The van der Waals surface area contributed by atoms with Gasteiger partial charge in [-0.05, 0) is 26.3 Å². The second-order valence-electron chi connectivity index (χ2n) is 5.33. The van der Waals surface area contributed by atoms with Gasteiger partial charge in [-0.15, -0.1) is 0 Å². The molecule has 0 spiro atoms. The first-order chi connectivity index (χ1) is 8.20. The summed E-state index contributed by atoms with van der Waals surface area (Å²) in [6.45, 7) is 6.75. The van der Waals surface area contributed by atoms with Gasteiger partial charge in [0, 0.05) is 38.1 Å². The van der Waals surface area contributed by atoms with E-state index in [0.717, 1.165) is 19.1 Å². The normalized spacial score (nSPS) is 32.4. The number of oxime groups is 1. The Hall–Kier alpha value is -0.810. The molecule has 2 aliphatic rings. The summed E-state index contributed by atoms with van der Waals surface area (Å²) in [5.41, 5.74) is 5.53. The molecule has 2 heterocycles. The largest absolute Gasteiger partial charge is 0.409 e. The van der Waals surface area contributed by atoms with Gasteiger partial charge in [-0.1, -0.05) is 11.6 Å². The van der Waals surface area contributed by atoms with Crippen LogP contribution in [0.3, 0.4) is 0 Å². The van der Waals surface area contributed by atoms with Crippen LogP contribution in [-0.2, 0) is 0 Å². The van der Waals surface area contributed by atoms with E-state index in [9.17, 15) is 0 Å². The SMILES string of the molecule is CC1CN2CCCCC2CN1CCC(N)=NO. The molecule has 0 aliphatic carbocycles. The molecule has 2 fully saturated rings. The molecule has 0 bridgehead atoms. The van der Waals surface area contributed by atoms with Crippen LogP contribution in [0.25, 0.3) is 0 Å². The summed E-state index contributed by atoms with van der Waals surface area (Å²) < 4.78 is 0. The van der Waals surface area contributed by atoms with Gasteiger partial charge in [-0.25, -0.2) is 0 Å². The van der Waals surface area contributed by atoms with Crippen molar-refractivity contribution in [2.75, 3.05) is 26.2 Å². The number of fused-ring (bicyclic) bond motifs is 1. The first-order valence-corrected chi connectivity index (χ1v) is 6.65. The van der Waals surface area contributed by atoms with Crippen molar-refractivity contribution in [2.45, 2.75) is 44.7 Å². The van der Waals surface area contributed by atoms with Gasteiger partial charge in [0.05, 0.1) is 0 Å². The molecule has 98 valence electrons. The lowest BCUT2D eigenvalue weighted by Gasteiger charge is -2.47. The Labute approximate surface area is 103 Å². The van der Waals surface area contributed by atoms with Crippen molar-refractivity contribution >= 4 is 5.84 Å². The third kappa shape index (κ3) is 3.10. The zero-order valence-corrected chi connectivity index (χ0v) is 10.7. The van der Waals surface area contributed by atoms with Crippen molar-refractivity contribution in [1.29, 1.82) is 0 Å². The van der Waals surface area contributed by atoms with Crippen molar-refractivity contribution in [2.24, 2.45) is 10.9 Å². The van der Waals surface area contributed by atoms with Crippen molar-refractivity contribution in [3.05, 3.63) is 0 Å². The number of piperidine rings is 1. The summed E-state index contributed by atoms with van der Waals surface area (Å²) in [4.78, 5) is 5.11. The van der Waals surface area contributed by atoms with Crippen molar-refractivity contribution in [1.82, 2.24) is 9.80 Å². The smallest absolute Gasteiger partial charge is 0.140 e. The molecule has 0 aromatic carbocycles. The maximum absolute atomic E-state index is 8.55. The fourth-order valence-electron chi connectivity index (χ4n) is 3.03. The van der Waals surface area contributed by atoms with Crippen LogP contribution in [-0.4, -0.2) is 59.1 Å². The van der Waals surface area contributed by atoms with Crippen LogP contribution >= 0.6 is 0 Å². The van der Waals surface area contributed by atoms with Crippen LogP contribution in [0.2, 0.25) is 0 Å². The second kappa shape index (κ2) is 5.69.